The molecule has 0 aliphatic carbocycles. The maximum Gasteiger partial charge on any atom is 0.326 e. The zero-order chi connectivity index (χ0) is 24.5. The van der Waals surface area contributed by atoms with E-state index in [-0.39, 0.29) is 17.8 Å². The van der Waals surface area contributed by atoms with Crippen molar-refractivity contribution in [2.45, 2.75) is 24.9 Å². The van der Waals surface area contributed by atoms with E-state index in [4.69, 9.17) is 4.74 Å². The van der Waals surface area contributed by atoms with Crippen molar-refractivity contribution in [2.24, 2.45) is 0 Å². The minimum absolute atomic E-state index is 0.0299. The fourth-order valence-corrected chi connectivity index (χ4v) is 5.27. The Morgan fingerprint density at radius 2 is 1.56 bits per heavy atom. The summed E-state index contributed by atoms with van der Waals surface area (Å²) >= 11 is 0. The molecule has 0 radical (unpaired) electrons. The van der Waals surface area contributed by atoms with Crippen LogP contribution in [0.3, 0.4) is 0 Å². The summed E-state index contributed by atoms with van der Waals surface area (Å²) in [6.45, 7) is 3.24. The van der Waals surface area contributed by atoms with Crippen LogP contribution in [0, 0.1) is 0 Å². The van der Waals surface area contributed by atoms with Crippen LogP contribution in [-0.4, -0.2) is 57.6 Å². The maximum absolute atomic E-state index is 12.9. The Morgan fingerprint density at radius 3 is 2.36 bits per heavy atom. The molecular formula is C28H29N5O3. The van der Waals surface area contributed by atoms with Gasteiger partial charge in [-0.3, -0.25) is 9.47 Å². The van der Waals surface area contributed by atoms with Crippen LogP contribution in [0.1, 0.15) is 18.9 Å². The van der Waals surface area contributed by atoms with Crippen LogP contribution in [0.15, 0.2) is 83.7 Å². The van der Waals surface area contributed by atoms with E-state index >= 15 is 0 Å². The second-order valence-electron chi connectivity index (χ2n) is 9.48. The van der Waals surface area contributed by atoms with Crippen molar-refractivity contribution < 1.29 is 9.53 Å². The minimum Gasteiger partial charge on any atom is -0.455 e. The first-order valence-electron chi connectivity index (χ1n) is 12.5. The number of para-hydroxylation sites is 5. The molecule has 1 aromatic heterocycles. The molecule has 2 fully saturated rings. The Morgan fingerprint density at radius 1 is 0.861 bits per heavy atom. The van der Waals surface area contributed by atoms with E-state index < -0.39 is 0 Å². The van der Waals surface area contributed by atoms with Crippen LogP contribution < -0.4 is 15.7 Å². The number of amides is 2. The zero-order valence-corrected chi connectivity index (χ0v) is 20.0. The summed E-state index contributed by atoms with van der Waals surface area (Å²) in [5.74, 6) is 1.34. The molecule has 3 heterocycles. The highest BCUT2D eigenvalue weighted by molar-refractivity contribution is 5.91. The number of carbonyl (C=O) groups is 1. The largest absolute Gasteiger partial charge is 0.455 e. The molecule has 2 aliphatic heterocycles. The van der Waals surface area contributed by atoms with E-state index in [2.05, 4.69) is 15.2 Å². The first-order chi connectivity index (χ1) is 17.7. The number of hydrogen-bond donors (Lipinski definition) is 2. The van der Waals surface area contributed by atoms with Gasteiger partial charge in [-0.25, -0.2) is 9.59 Å². The number of hydrogen-bond acceptors (Lipinski definition) is 4. The third kappa shape index (κ3) is 4.35. The fourth-order valence-electron chi connectivity index (χ4n) is 5.27. The van der Waals surface area contributed by atoms with Gasteiger partial charge in [-0.1, -0.05) is 42.5 Å². The van der Waals surface area contributed by atoms with Gasteiger partial charge in [0.05, 0.1) is 16.7 Å². The third-order valence-electron chi connectivity index (χ3n) is 7.25. The van der Waals surface area contributed by atoms with Crippen molar-refractivity contribution in [2.75, 3.05) is 31.5 Å². The molecule has 6 rings (SSSR count). The van der Waals surface area contributed by atoms with Crippen molar-refractivity contribution in [3.8, 4) is 11.5 Å². The van der Waals surface area contributed by atoms with Crippen LogP contribution in [0.25, 0.3) is 11.0 Å². The summed E-state index contributed by atoms with van der Waals surface area (Å²) in [6.07, 6.45) is 1.85. The number of ether oxygens (including phenoxy) is 1. The molecule has 2 aliphatic rings. The molecule has 0 unspecified atom stereocenters. The van der Waals surface area contributed by atoms with E-state index in [9.17, 15) is 9.59 Å². The summed E-state index contributed by atoms with van der Waals surface area (Å²) in [7, 11) is 0. The van der Waals surface area contributed by atoms with Crippen molar-refractivity contribution in [3.63, 3.8) is 0 Å². The van der Waals surface area contributed by atoms with Crippen LogP contribution in [0.5, 0.6) is 11.5 Å². The molecular weight excluding hydrogens is 454 g/mol. The molecule has 0 spiro atoms. The van der Waals surface area contributed by atoms with Gasteiger partial charge in [-0.2, -0.15) is 0 Å². The van der Waals surface area contributed by atoms with E-state index in [1.807, 2.05) is 88.3 Å². The maximum atomic E-state index is 12.9. The number of imidazole rings is 1. The molecule has 2 saturated heterocycles. The van der Waals surface area contributed by atoms with Gasteiger partial charge in [0.15, 0.2) is 5.75 Å². The van der Waals surface area contributed by atoms with Crippen molar-refractivity contribution >= 4 is 22.8 Å². The van der Waals surface area contributed by atoms with E-state index in [0.717, 1.165) is 42.7 Å². The topological polar surface area (TPSA) is 82.6 Å². The van der Waals surface area contributed by atoms with Crippen LogP contribution >= 0.6 is 0 Å². The van der Waals surface area contributed by atoms with Gasteiger partial charge < -0.3 is 19.9 Å². The number of H-pyrrole nitrogens is 1. The first kappa shape index (κ1) is 22.4. The fraction of sp³-hybridized carbons (Fsp3) is 0.286. The van der Waals surface area contributed by atoms with Crippen molar-refractivity contribution in [1.82, 2.24) is 19.4 Å². The van der Waals surface area contributed by atoms with Gasteiger partial charge in [-0.15, -0.1) is 0 Å². The van der Waals surface area contributed by atoms with Crippen LogP contribution in [0.4, 0.5) is 10.5 Å². The molecule has 184 valence electrons. The Labute approximate surface area is 209 Å². The number of nitrogens with one attached hydrogen (secondary N) is 2. The van der Waals surface area contributed by atoms with Crippen LogP contribution in [0.2, 0.25) is 0 Å². The number of aromatic amines is 1. The molecule has 3 aromatic carbocycles. The highest BCUT2D eigenvalue weighted by atomic mass is 16.5. The highest BCUT2D eigenvalue weighted by Gasteiger charge is 2.37. The van der Waals surface area contributed by atoms with Crippen molar-refractivity contribution in [1.29, 1.82) is 0 Å². The lowest BCUT2D eigenvalue weighted by Crippen LogP contribution is -2.63. The molecule has 36 heavy (non-hydrogen) atoms. The summed E-state index contributed by atoms with van der Waals surface area (Å²) in [5.41, 5.74) is 2.49. The predicted molar refractivity (Wildman–Crippen MR) is 140 cm³/mol. The molecule has 4 aromatic rings. The number of aromatic nitrogens is 2. The summed E-state index contributed by atoms with van der Waals surface area (Å²) < 4.78 is 7.88. The highest BCUT2D eigenvalue weighted by Crippen LogP contribution is 2.31. The molecule has 2 N–H and O–H groups in total. The Hall–Kier alpha value is -4.04. The Kier molecular flexibility index (Phi) is 5.95. The molecule has 0 saturated carbocycles. The average Bonchev–Trinajstić information content (AvgIpc) is 3.21. The lowest BCUT2D eigenvalue weighted by molar-refractivity contribution is 0.0397. The van der Waals surface area contributed by atoms with Gasteiger partial charge in [-0.05, 0) is 49.2 Å². The zero-order valence-electron chi connectivity index (χ0n) is 20.0. The molecule has 0 bridgehead atoms. The smallest absolute Gasteiger partial charge is 0.326 e. The number of rotatable bonds is 5. The molecule has 0 atom stereocenters. The standard InChI is InChI=1S/C28H29N5O3/c34-27(30-24-11-5-7-13-26(24)36-22-8-2-1-3-9-22)32-18-21(19-32)31-16-14-20(15-17-31)33-25-12-6-4-10-23(25)29-28(33)35/h1-13,20-21H,14-19H2,(H,29,35)(H,30,34). The molecule has 8 nitrogen and oxygen atoms in total. The predicted octanol–water partition coefficient (Wildman–Crippen LogP) is 4.68. The van der Waals surface area contributed by atoms with E-state index in [1.165, 1.54) is 0 Å². The van der Waals surface area contributed by atoms with Gasteiger partial charge >= 0.3 is 11.7 Å². The Bertz CT molecular complexity index is 1420. The summed E-state index contributed by atoms with van der Waals surface area (Å²) in [4.78, 5) is 32.7. The summed E-state index contributed by atoms with van der Waals surface area (Å²) in [6, 6.07) is 25.3. The van der Waals surface area contributed by atoms with Gasteiger partial charge in [0.1, 0.15) is 5.75 Å². The Balaban J connectivity index is 1.03. The average molecular weight is 484 g/mol. The van der Waals surface area contributed by atoms with Crippen molar-refractivity contribution in [3.05, 3.63) is 89.3 Å². The first-order valence-corrected chi connectivity index (χ1v) is 12.5. The minimum atomic E-state index is -0.115. The number of nitrogens with zero attached hydrogens (tertiary/aromatic N) is 3. The molecule has 8 heteroatoms. The third-order valence-corrected chi connectivity index (χ3v) is 7.25. The number of anilines is 1. The van der Waals surface area contributed by atoms with Gasteiger partial charge in [0.25, 0.3) is 0 Å². The number of piperidine rings is 1. The number of fused-ring (bicyclic) bond motifs is 1. The number of benzene rings is 3. The normalized spacial score (nSPS) is 17.2. The second kappa shape index (κ2) is 9.54. The lowest BCUT2D eigenvalue weighted by atomic mass is 9.99. The quantitative estimate of drug-likeness (QED) is 0.432. The SMILES string of the molecule is O=C(Nc1ccccc1Oc1ccccc1)N1CC(N2CCC(n3c(=O)[nH]c4ccccc43)CC2)C1. The number of carbonyl (C=O) groups excluding carboxylic acids is 1. The molecule has 2 amide bonds. The van der Waals surface area contributed by atoms with E-state index in [0.29, 0.717) is 30.6 Å². The second-order valence-corrected chi connectivity index (χ2v) is 9.48. The van der Waals surface area contributed by atoms with Gasteiger partial charge in [0.2, 0.25) is 0 Å². The van der Waals surface area contributed by atoms with Gasteiger partial charge in [0, 0.05) is 38.3 Å². The van der Waals surface area contributed by atoms with E-state index in [1.54, 1.807) is 0 Å². The number of urea groups is 1. The monoisotopic (exact) mass is 483 g/mol. The number of likely N-dealkylation sites (tertiary alicyclic amines) is 2. The summed E-state index contributed by atoms with van der Waals surface area (Å²) in [5, 5.41) is 3.01. The van der Waals surface area contributed by atoms with Crippen LogP contribution in [-0.2, 0) is 0 Å². The lowest BCUT2D eigenvalue weighted by Gasteiger charge is -2.47.